The Morgan fingerprint density at radius 3 is 2.07 bits per heavy atom. The minimum atomic E-state index is -4.69. The SMILES string of the molecule is O=C(O)c1csc(-n2nc(-c3ccccc3)c(C(F)(F)F)c2-c2ccccc2)n1. The van der Waals surface area contributed by atoms with Gasteiger partial charge in [0.25, 0.3) is 0 Å². The van der Waals surface area contributed by atoms with Crippen molar-refractivity contribution in [3.05, 3.63) is 77.3 Å². The summed E-state index contributed by atoms with van der Waals surface area (Å²) in [6, 6.07) is 16.1. The van der Waals surface area contributed by atoms with E-state index < -0.39 is 17.7 Å². The molecular weight excluding hydrogens is 403 g/mol. The van der Waals surface area contributed by atoms with Gasteiger partial charge in [-0.25, -0.2) is 14.5 Å². The number of aromatic carboxylic acids is 1. The lowest BCUT2D eigenvalue weighted by molar-refractivity contribution is -0.136. The van der Waals surface area contributed by atoms with Crippen molar-refractivity contribution in [1.82, 2.24) is 14.8 Å². The van der Waals surface area contributed by atoms with Crippen LogP contribution in [-0.4, -0.2) is 25.8 Å². The number of rotatable bonds is 4. The lowest BCUT2D eigenvalue weighted by atomic mass is 10.0. The van der Waals surface area contributed by atoms with Gasteiger partial charge in [-0.3, -0.25) is 0 Å². The number of halogens is 3. The van der Waals surface area contributed by atoms with Crippen molar-refractivity contribution in [3.8, 4) is 27.6 Å². The van der Waals surface area contributed by atoms with Crippen molar-refractivity contribution in [2.75, 3.05) is 0 Å². The highest BCUT2D eigenvalue weighted by atomic mass is 32.1. The summed E-state index contributed by atoms with van der Waals surface area (Å²) in [5, 5.41) is 14.7. The van der Waals surface area contributed by atoms with Crippen LogP contribution < -0.4 is 0 Å². The van der Waals surface area contributed by atoms with Gasteiger partial charge in [0, 0.05) is 16.5 Å². The first-order valence-electron chi connectivity index (χ1n) is 8.36. The van der Waals surface area contributed by atoms with E-state index in [4.69, 9.17) is 5.11 Å². The molecule has 0 atom stereocenters. The molecule has 0 saturated heterocycles. The molecule has 2 aromatic carbocycles. The molecule has 0 saturated carbocycles. The highest BCUT2D eigenvalue weighted by Gasteiger charge is 2.41. The summed E-state index contributed by atoms with van der Waals surface area (Å²) < 4.78 is 43.6. The van der Waals surface area contributed by atoms with Crippen LogP contribution in [0.3, 0.4) is 0 Å². The smallest absolute Gasteiger partial charge is 0.420 e. The molecular formula is C20H12F3N3O2S. The molecule has 1 N–H and O–H groups in total. The summed E-state index contributed by atoms with van der Waals surface area (Å²) in [6.07, 6.45) is -4.69. The van der Waals surface area contributed by atoms with E-state index in [1.54, 1.807) is 60.7 Å². The number of hydrogen-bond acceptors (Lipinski definition) is 4. The standard InChI is InChI=1S/C20H12F3N3O2S/c21-20(22,23)15-16(12-7-3-1-4-8-12)25-26(17(15)13-9-5-2-6-10-13)19-24-14(11-29-19)18(27)28/h1-11H,(H,27,28). The molecule has 5 nitrogen and oxygen atoms in total. The largest absolute Gasteiger partial charge is 0.476 e. The number of carboxylic acid groups (broad SMARTS) is 1. The van der Waals surface area contributed by atoms with E-state index in [-0.39, 0.29) is 22.2 Å². The minimum absolute atomic E-state index is 0.0361. The summed E-state index contributed by atoms with van der Waals surface area (Å²) in [6.45, 7) is 0. The van der Waals surface area contributed by atoms with Crippen LogP contribution >= 0.6 is 11.3 Å². The monoisotopic (exact) mass is 415 g/mol. The van der Waals surface area contributed by atoms with Gasteiger partial charge in [0.2, 0.25) is 5.13 Å². The van der Waals surface area contributed by atoms with Gasteiger partial charge in [-0.15, -0.1) is 11.3 Å². The predicted octanol–water partition coefficient (Wildman–Crippen LogP) is 5.38. The van der Waals surface area contributed by atoms with Gasteiger partial charge in [0.05, 0.1) is 5.69 Å². The van der Waals surface area contributed by atoms with E-state index in [2.05, 4.69) is 10.1 Å². The van der Waals surface area contributed by atoms with E-state index in [1.165, 1.54) is 5.38 Å². The van der Waals surface area contributed by atoms with Crippen LogP contribution in [0.4, 0.5) is 13.2 Å². The molecule has 146 valence electrons. The zero-order valence-electron chi connectivity index (χ0n) is 14.6. The number of thiazole rings is 1. The second-order valence-corrected chi connectivity index (χ2v) is 6.87. The minimum Gasteiger partial charge on any atom is -0.476 e. The molecule has 4 aromatic rings. The zero-order chi connectivity index (χ0) is 20.6. The van der Waals surface area contributed by atoms with Gasteiger partial charge in [-0.2, -0.15) is 18.3 Å². The van der Waals surface area contributed by atoms with Crippen molar-refractivity contribution >= 4 is 17.3 Å². The summed E-state index contributed by atoms with van der Waals surface area (Å²) in [7, 11) is 0. The Balaban J connectivity index is 2.06. The van der Waals surface area contributed by atoms with Gasteiger partial charge in [-0.1, -0.05) is 60.7 Å². The summed E-state index contributed by atoms with van der Waals surface area (Å²) in [5.74, 6) is -1.26. The molecule has 0 bridgehead atoms. The Hall–Kier alpha value is -3.46. The Morgan fingerprint density at radius 1 is 0.966 bits per heavy atom. The molecule has 29 heavy (non-hydrogen) atoms. The molecule has 2 heterocycles. The van der Waals surface area contributed by atoms with Crippen molar-refractivity contribution in [1.29, 1.82) is 0 Å². The number of carboxylic acids is 1. The van der Waals surface area contributed by atoms with E-state index in [0.29, 0.717) is 11.1 Å². The first kappa shape index (κ1) is 18.9. The number of aromatic nitrogens is 3. The summed E-state index contributed by atoms with van der Waals surface area (Å²) in [4.78, 5) is 15.1. The van der Waals surface area contributed by atoms with Crippen LogP contribution in [0.25, 0.3) is 27.6 Å². The first-order valence-corrected chi connectivity index (χ1v) is 9.24. The Morgan fingerprint density at radius 2 is 1.55 bits per heavy atom. The number of alkyl halides is 3. The van der Waals surface area contributed by atoms with Crippen LogP contribution in [0.2, 0.25) is 0 Å². The molecule has 0 aliphatic carbocycles. The molecule has 0 aliphatic rings. The Labute approximate surface area is 166 Å². The molecule has 0 amide bonds. The lowest BCUT2D eigenvalue weighted by Crippen LogP contribution is -2.09. The van der Waals surface area contributed by atoms with Crippen LogP contribution in [0.5, 0.6) is 0 Å². The van der Waals surface area contributed by atoms with Crippen molar-refractivity contribution in [2.45, 2.75) is 6.18 Å². The zero-order valence-corrected chi connectivity index (χ0v) is 15.4. The molecule has 9 heteroatoms. The maximum atomic E-state index is 14.2. The highest BCUT2D eigenvalue weighted by molar-refractivity contribution is 7.12. The van der Waals surface area contributed by atoms with Crippen molar-refractivity contribution in [3.63, 3.8) is 0 Å². The average Bonchev–Trinajstić information content (AvgIpc) is 3.34. The van der Waals surface area contributed by atoms with Crippen LogP contribution in [0.15, 0.2) is 66.0 Å². The van der Waals surface area contributed by atoms with E-state index in [9.17, 15) is 18.0 Å². The number of carbonyl (C=O) groups is 1. The van der Waals surface area contributed by atoms with E-state index in [1.807, 2.05) is 0 Å². The van der Waals surface area contributed by atoms with Crippen LogP contribution in [-0.2, 0) is 6.18 Å². The fourth-order valence-corrected chi connectivity index (χ4v) is 3.70. The molecule has 4 rings (SSSR count). The van der Waals surface area contributed by atoms with Gasteiger partial charge in [0.15, 0.2) is 5.69 Å². The quantitative estimate of drug-likeness (QED) is 0.486. The fraction of sp³-hybridized carbons (Fsp3) is 0.0500. The second kappa shape index (κ2) is 7.17. The first-order chi connectivity index (χ1) is 13.9. The molecule has 0 aliphatic heterocycles. The maximum absolute atomic E-state index is 14.2. The normalized spacial score (nSPS) is 11.6. The van der Waals surface area contributed by atoms with Gasteiger partial charge < -0.3 is 5.11 Å². The number of benzene rings is 2. The predicted molar refractivity (Wildman–Crippen MR) is 102 cm³/mol. The summed E-state index contributed by atoms with van der Waals surface area (Å²) >= 11 is 0.909. The van der Waals surface area contributed by atoms with Gasteiger partial charge in [-0.05, 0) is 0 Å². The molecule has 0 spiro atoms. The average molecular weight is 415 g/mol. The third-order valence-electron chi connectivity index (χ3n) is 4.16. The third-order valence-corrected chi connectivity index (χ3v) is 4.97. The second-order valence-electron chi connectivity index (χ2n) is 6.03. The van der Waals surface area contributed by atoms with E-state index in [0.717, 1.165) is 16.0 Å². The van der Waals surface area contributed by atoms with E-state index >= 15 is 0 Å². The summed E-state index contributed by atoms with van der Waals surface area (Å²) in [5.41, 5.74) is -1.00. The molecule has 0 radical (unpaired) electrons. The molecule has 0 unspecified atom stereocenters. The molecule has 2 aromatic heterocycles. The van der Waals surface area contributed by atoms with Gasteiger partial charge >= 0.3 is 12.1 Å². The Bertz CT molecular complexity index is 1170. The lowest BCUT2D eigenvalue weighted by Gasteiger charge is -2.11. The third kappa shape index (κ3) is 3.52. The van der Waals surface area contributed by atoms with Crippen LogP contribution in [0.1, 0.15) is 16.1 Å². The Kier molecular flexibility index (Phi) is 4.67. The molecule has 0 fully saturated rings. The topological polar surface area (TPSA) is 68.0 Å². The van der Waals surface area contributed by atoms with Crippen molar-refractivity contribution in [2.24, 2.45) is 0 Å². The highest BCUT2D eigenvalue weighted by Crippen LogP contribution is 2.44. The van der Waals surface area contributed by atoms with Gasteiger partial charge in [0.1, 0.15) is 11.3 Å². The maximum Gasteiger partial charge on any atom is 0.420 e. The van der Waals surface area contributed by atoms with Crippen LogP contribution in [0, 0.1) is 0 Å². The fourth-order valence-electron chi connectivity index (χ4n) is 2.95. The number of nitrogens with zero attached hydrogens (tertiary/aromatic N) is 3. The number of hydrogen-bond donors (Lipinski definition) is 1. The van der Waals surface area contributed by atoms with Crippen molar-refractivity contribution < 1.29 is 23.1 Å².